The van der Waals surface area contributed by atoms with Crippen LogP contribution in [0.4, 0.5) is 0 Å². The lowest BCUT2D eigenvalue weighted by Crippen LogP contribution is -2.48. The molecule has 1 aliphatic heterocycles. The third kappa shape index (κ3) is 7.30. The van der Waals surface area contributed by atoms with Crippen LogP contribution in [0, 0.1) is 5.92 Å². The molecule has 0 radical (unpaired) electrons. The molecule has 0 saturated heterocycles. The number of carbonyl (C=O) groups is 2. The second-order valence-corrected chi connectivity index (χ2v) is 10.7. The van der Waals surface area contributed by atoms with Crippen LogP contribution in [0.3, 0.4) is 0 Å². The summed E-state index contributed by atoms with van der Waals surface area (Å²) in [6, 6.07) is 15.4. The van der Waals surface area contributed by atoms with Crippen LogP contribution in [0.25, 0.3) is 0 Å². The van der Waals surface area contributed by atoms with E-state index < -0.39 is 17.9 Å². The highest BCUT2D eigenvalue weighted by atomic mass is 79.9. The molecule has 3 aromatic rings. The van der Waals surface area contributed by atoms with Crippen molar-refractivity contribution in [3.8, 4) is 23.0 Å². The number of nitrogens with zero attached hydrogens (tertiary/aromatic N) is 1. The molecule has 39 heavy (non-hydrogen) atoms. The molecule has 1 aliphatic rings. The fourth-order valence-corrected chi connectivity index (χ4v) is 4.57. The van der Waals surface area contributed by atoms with Crippen molar-refractivity contribution in [3.63, 3.8) is 0 Å². The Labute approximate surface area is 243 Å². The number of carbonyl (C=O) groups excluding carboxylic acids is 2. The molecule has 0 bridgehead atoms. The molecule has 2 amide bonds. The maximum atomic E-state index is 12.9. The van der Waals surface area contributed by atoms with Crippen molar-refractivity contribution in [2.24, 2.45) is 11.0 Å². The highest BCUT2D eigenvalue weighted by Gasteiger charge is 2.25. The van der Waals surface area contributed by atoms with Crippen molar-refractivity contribution < 1.29 is 28.5 Å². The molecule has 1 heterocycles. The quantitative estimate of drug-likeness (QED) is 0.222. The van der Waals surface area contributed by atoms with Gasteiger partial charge in [0.15, 0.2) is 23.0 Å². The molecule has 4 rings (SSSR count). The minimum absolute atomic E-state index is 0.111. The number of benzene rings is 3. The highest BCUT2D eigenvalue weighted by molar-refractivity contribution is 9.10. The van der Waals surface area contributed by atoms with Gasteiger partial charge in [0.1, 0.15) is 12.6 Å². The lowest BCUT2D eigenvalue weighted by atomic mass is 10.0. The van der Waals surface area contributed by atoms with E-state index in [1.807, 2.05) is 38.1 Å². The molecule has 0 aliphatic carbocycles. The van der Waals surface area contributed by atoms with E-state index in [1.54, 1.807) is 37.4 Å². The number of hydrazone groups is 1. The summed E-state index contributed by atoms with van der Waals surface area (Å²) in [6.07, 6.45) is 1.49. The van der Waals surface area contributed by atoms with E-state index in [4.69, 9.17) is 18.9 Å². The Kier molecular flexibility index (Phi) is 9.47. The van der Waals surface area contributed by atoms with Crippen LogP contribution in [0.15, 0.2) is 68.6 Å². The first-order valence-corrected chi connectivity index (χ1v) is 13.6. The number of ether oxygens (including phenoxy) is 4. The predicted molar refractivity (Wildman–Crippen MR) is 154 cm³/mol. The Morgan fingerprint density at radius 2 is 1.79 bits per heavy atom. The zero-order valence-corrected chi connectivity index (χ0v) is 24.7. The smallest absolute Gasteiger partial charge is 0.262 e. The lowest BCUT2D eigenvalue weighted by molar-refractivity contribution is -0.123. The van der Waals surface area contributed by atoms with E-state index in [9.17, 15) is 9.59 Å². The molecular formula is C28H27Br2N3O6. The van der Waals surface area contributed by atoms with Gasteiger partial charge < -0.3 is 24.3 Å². The summed E-state index contributed by atoms with van der Waals surface area (Å²) in [6.45, 7) is 4.14. The molecule has 0 fully saturated rings. The second-order valence-electron chi connectivity index (χ2n) is 8.95. The van der Waals surface area contributed by atoms with Crippen molar-refractivity contribution >= 4 is 49.9 Å². The molecule has 11 heteroatoms. The van der Waals surface area contributed by atoms with Gasteiger partial charge in [0.05, 0.1) is 17.8 Å². The Morgan fingerprint density at radius 1 is 1.05 bits per heavy atom. The summed E-state index contributed by atoms with van der Waals surface area (Å²) in [5, 5.41) is 6.86. The molecule has 0 spiro atoms. The summed E-state index contributed by atoms with van der Waals surface area (Å²) in [4.78, 5) is 25.7. The topological polar surface area (TPSA) is 107 Å². The normalized spacial score (nSPS) is 12.9. The van der Waals surface area contributed by atoms with Gasteiger partial charge in [-0.05, 0) is 75.4 Å². The summed E-state index contributed by atoms with van der Waals surface area (Å²) < 4.78 is 23.8. The zero-order chi connectivity index (χ0) is 27.9. The number of hydrogen-bond donors (Lipinski definition) is 2. The number of nitrogens with one attached hydrogen (secondary N) is 2. The predicted octanol–water partition coefficient (Wildman–Crippen LogP) is 5.43. The standard InChI is InChI=1S/C28H27Br2N3O6/c1-16(2)25(32-27(34)19-6-9-22-23(12-19)39-15-38-22)28(35)33-31-13-18-10-21(30)26(24(11-18)36-3)37-14-17-4-7-20(29)8-5-17/h4-13,16,25H,14-15H2,1-3H3,(H,32,34)(H,33,35). The van der Waals surface area contributed by atoms with Crippen molar-refractivity contribution in [2.75, 3.05) is 13.9 Å². The summed E-state index contributed by atoms with van der Waals surface area (Å²) in [5.74, 6) is 1.08. The fraction of sp³-hybridized carbons (Fsp3) is 0.250. The minimum Gasteiger partial charge on any atom is -0.493 e. The fourth-order valence-electron chi connectivity index (χ4n) is 3.73. The zero-order valence-electron chi connectivity index (χ0n) is 21.5. The van der Waals surface area contributed by atoms with Crippen LogP contribution in [0.5, 0.6) is 23.0 Å². The van der Waals surface area contributed by atoms with Crippen LogP contribution < -0.4 is 29.7 Å². The van der Waals surface area contributed by atoms with Gasteiger partial charge in [0, 0.05) is 10.0 Å². The van der Waals surface area contributed by atoms with Crippen molar-refractivity contribution in [1.29, 1.82) is 0 Å². The van der Waals surface area contributed by atoms with E-state index in [0.29, 0.717) is 45.2 Å². The van der Waals surface area contributed by atoms with Gasteiger partial charge in [-0.1, -0.05) is 41.9 Å². The second kappa shape index (κ2) is 13.0. The van der Waals surface area contributed by atoms with E-state index in [-0.39, 0.29) is 12.7 Å². The van der Waals surface area contributed by atoms with E-state index >= 15 is 0 Å². The molecule has 0 saturated carbocycles. The monoisotopic (exact) mass is 659 g/mol. The molecule has 1 atom stereocenters. The maximum absolute atomic E-state index is 12.9. The van der Waals surface area contributed by atoms with Gasteiger partial charge >= 0.3 is 0 Å². The van der Waals surface area contributed by atoms with Crippen LogP contribution in [-0.4, -0.2) is 38.0 Å². The number of fused-ring (bicyclic) bond motifs is 1. The number of halogens is 2. The van der Waals surface area contributed by atoms with Crippen LogP contribution in [0.1, 0.15) is 35.3 Å². The van der Waals surface area contributed by atoms with Crippen LogP contribution in [-0.2, 0) is 11.4 Å². The van der Waals surface area contributed by atoms with Crippen LogP contribution >= 0.6 is 31.9 Å². The Bertz CT molecular complexity index is 1380. The van der Waals surface area contributed by atoms with Gasteiger partial charge in [-0.3, -0.25) is 9.59 Å². The Morgan fingerprint density at radius 3 is 2.51 bits per heavy atom. The largest absolute Gasteiger partial charge is 0.493 e. The Hall–Kier alpha value is -3.57. The van der Waals surface area contributed by atoms with Gasteiger partial charge in [-0.2, -0.15) is 5.10 Å². The third-order valence-corrected chi connectivity index (χ3v) is 6.92. The van der Waals surface area contributed by atoms with E-state index in [1.165, 1.54) is 6.21 Å². The molecule has 204 valence electrons. The van der Waals surface area contributed by atoms with Crippen molar-refractivity contribution in [1.82, 2.24) is 10.7 Å². The summed E-state index contributed by atoms with van der Waals surface area (Å²) in [5.41, 5.74) is 4.55. The van der Waals surface area contributed by atoms with Gasteiger partial charge in [-0.25, -0.2) is 5.43 Å². The van der Waals surface area contributed by atoms with Crippen molar-refractivity contribution in [2.45, 2.75) is 26.5 Å². The number of amides is 2. The number of rotatable bonds is 10. The average Bonchev–Trinajstić information content (AvgIpc) is 3.39. The minimum atomic E-state index is -0.810. The molecule has 2 N–H and O–H groups in total. The third-order valence-electron chi connectivity index (χ3n) is 5.81. The van der Waals surface area contributed by atoms with E-state index in [2.05, 4.69) is 47.7 Å². The SMILES string of the molecule is COc1cc(C=NNC(=O)C(NC(=O)c2ccc3c(c2)OCO3)C(C)C)cc(Br)c1OCc1ccc(Br)cc1. The molecule has 0 aromatic heterocycles. The first kappa shape index (κ1) is 28.4. The number of methoxy groups -OCH3 is 1. The molecule has 9 nitrogen and oxygen atoms in total. The first-order chi connectivity index (χ1) is 18.7. The molecule has 3 aromatic carbocycles. The maximum Gasteiger partial charge on any atom is 0.262 e. The van der Waals surface area contributed by atoms with E-state index in [0.717, 1.165) is 10.0 Å². The van der Waals surface area contributed by atoms with Crippen LogP contribution in [0.2, 0.25) is 0 Å². The summed E-state index contributed by atoms with van der Waals surface area (Å²) in [7, 11) is 1.55. The summed E-state index contributed by atoms with van der Waals surface area (Å²) >= 11 is 6.95. The highest BCUT2D eigenvalue weighted by Crippen LogP contribution is 2.37. The molecule has 1 unspecified atom stereocenters. The number of hydrogen-bond acceptors (Lipinski definition) is 7. The van der Waals surface area contributed by atoms with Gasteiger partial charge in [0.25, 0.3) is 11.8 Å². The van der Waals surface area contributed by atoms with Gasteiger partial charge in [0.2, 0.25) is 6.79 Å². The molecular weight excluding hydrogens is 634 g/mol. The van der Waals surface area contributed by atoms with Crippen molar-refractivity contribution in [3.05, 3.63) is 80.2 Å². The lowest BCUT2D eigenvalue weighted by Gasteiger charge is -2.20. The Balaban J connectivity index is 1.38. The average molecular weight is 661 g/mol. The first-order valence-electron chi connectivity index (χ1n) is 12.0. The van der Waals surface area contributed by atoms with Gasteiger partial charge in [-0.15, -0.1) is 0 Å².